The monoisotopic (exact) mass is 252 g/mol. The first-order chi connectivity index (χ1) is 6.83. The van der Waals surface area contributed by atoms with Gasteiger partial charge in [0.15, 0.2) is 0 Å². The van der Waals surface area contributed by atoms with E-state index in [1.807, 2.05) is 0 Å². The lowest BCUT2D eigenvalue weighted by Gasteiger charge is -2.10. The Morgan fingerprint density at radius 2 is 2.07 bits per heavy atom. The molecule has 15 heavy (non-hydrogen) atoms. The van der Waals surface area contributed by atoms with E-state index < -0.39 is 15.8 Å². The Hall–Kier alpha value is -0.230. The molecule has 6 heteroatoms. The molecule has 0 aliphatic heterocycles. The van der Waals surface area contributed by atoms with Crippen molar-refractivity contribution in [2.75, 3.05) is 23.5 Å². The van der Waals surface area contributed by atoms with Crippen molar-refractivity contribution in [1.82, 2.24) is 0 Å². The van der Waals surface area contributed by atoms with Gasteiger partial charge < -0.3 is 5.11 Å². The van der Waals surface area contributed by atoms with Crippen LogP contribution in [0.4, 0.5) is 0 Å². The van der Waals surface area contributed by atoms with Gasteiger partial charge in [0.1, 0.15) is 9.84 Å². The molecule has 4 nitrogen and oxygen atoms in total. The summed E-state index contributed by atoms with van der Waals surface area (Å²) in [6.45, 7) is 0. The van der Waals surface area contributed by atoms with Crippen LogP contribution in [0.3, 0.4) is 0 Å². The number of hydrogen-bond acceptors (Lipinski definition) is 4. The Morgan fingerprint density at radius 3 is 2.47 bits per heavy atom. The van der Waals surface area contributed by atoms with E-state index in [1.54, 1.807) is 11.8 Å². The molecule has 0 unspecified atom stereocenters. The van der Waals surface area contributed by atoms with Gasteiger partial charge >= 0.3 is 5.97 Å². The molecule has 88 valence electrons. The minimum atomic E-state index is -2.88. The zero-order valence-corrected chi connectivity index (χ0v) is 10.4. The highest BCUT2D eigenvalue weighted by Crippen LogP contribution is 2.50. The third-order valence-corrected chi connectivity index (χ3v) is 5.00. The first kappa shape index (κ1) is 12.8. The topological polar surface area (TPSA) is 71.4 Å². The first-order valence-electron chi connectivity index (χ1n) is 4.80. The molecule has 1 aliphatic rings. The quantitative estimate of drug-likeness (QED) is 0.685. The van der Waals surface area contributed by atoms with E-state index in [0.717, 1.165) is 18.6 Å². The summed E-state index contributed by atoms with van der Waals surface area (Å²) >= 11 is 1.55. The van der Waals surface area contributed by atoms with Crippen molar-refractivity contribution in [2.45, 2.75) is 19.3 Å². The van der Waals surface area contributed by atoms with Gasteiger partial charge in [-0.1, -0.05) is 0 Å². The molecule has 1 saturated carbocycles. The zero-order chi connectivity index (χ0) is 11.5. The molecule has 0 aromatic rings. The maximum Gasteiger partial charge on any atom is 0.303 e. The third kappa shape index (κ3) is 5.41. The number of carboxylic acid groups (broad SMARTS) is 1. The molecule has 0 bridgehead atoms. The first-order valence-corrected chi connectivity index (χ1v) is 8.02. The van der Waals surface area contributed by atoms with E-state index in [4.69, 9.17) is 5.11 Å². The highest BCUT2D eigenvalue weighted by molar-refractivity contribution is 8.00. The number of aliphatic carboxylic acids is 1. The molecule has 0 radical (unpaired) electrons. The number of sulfone groups is 1. The fourth-order valence-electron chi connectivity index (χ4n) is 1.37. The van der Waals surface area contributed by atoms with Crippen LogP contribution in [0.2, 0.25) is 0 Å². The van der Waals surface area contributed by atoms with Crippen LogP contribution >= 0.6 is 11.8 Å². The second-order valence-corrected chi connectivity index (χ2v) is 7.62. The molecule has 1 N–H and O–H groups in total. The third-order valence-electron chi connectivity index (χ3n) is 2.49. The Morgan fingerprint density at radius 1 is 1.47 bits per heavy atom. The predicted molar refractivity (Wildman–Crippen MR) is 61.0 cm³/mol. The normalized spacial score (nSPS) is 18.7. The number of thioether (sulfide) groups is 1. The average Bonchev–Trinajstić information content (AvgIpc) is 2.76. The van der Waals surface area contributed by atoms with Crippen LogP contribution in [-0.4, -0.2) is 43.0 Å². The number of hydrogen-bond donors (Lipinski definition) is 1. The van der Waals surface area contributed by atoms with Crippen molar-refractivity contribution in [3.8, 4) is 0 Å². The van der Waals surface area contributed by atoms with Gasteiger partial charge in [-0.05, 0) is 24.0 Å². The van der Waals surface area contributed by atoms with Gasteiger partial charge in [0.05, 0.1) is 12.2 Å². The van der Waals surface area contributed by atoms with E-state index in [-0.39, 0.29) is 17.6 Å². The van der Waals surface area contributed by atoms with E-state index in [1.165, 1.54) is 6.26 Å². The van der Waals surface area contributed by atoms with Crippen LogP contribution in [0, 0.1) is 5.41 Å². The summed E-state index contributed by atoms with van der Waals surface area (Å²) in [6, 6.07) is 0. The molecular weight excluding hydrogens is 236 g/mol. The fourth-order valence-corrected chi connectivity index (χ4v) is 4.02. The van der Waals surface area contributed by atoms with E-state index >= 15 is 0 Å². The molecule has 0 amide bonds. The van der Waals surface area contributed by atoms with Crippen molar-refractivity contribution >= 4 is 27.6 Å². The SMILES string of the molecule is CS(=O)(=O)CCSCC1(CC(=O)O)CC1. The Kier molecular flexibility index (Phi) is 4.06. The van der Waals surface area contributed by atoms with Crippen molar-refractivity contribution in [2.24, 2.45) is 5.41 Å². The fraction of sp³-hybridized carbons (Fsp3) is 0.889. The molecule has 1 rings (SSSR count). The summed E-state index contributed by atoms with van der Waals surface area (Å²) < 4.78 is 21.7. The molecule has 0 aromatic heterocycles. The standard InChI is InChI=1S/C9H16O4S2/c1-15(12,13)5-4-14-7-9(2-3-9)6-8(10)11/h2-7H2,1H3,(H,10,11). The van der Waals surface area contributed by atoms with Crippen LogP contribution in [0.5, 0.6) is 0 Å². The van der Waals surface area contributed by atoms with Gasteiger partial charge in [0.2, 0.25) is 0 Å². The highest BCUT2D eigenvalue weighted by atomic mass is 32.2. The Labute approximate surface area is 94.4 Å². The van der Waals surface area contributed by atoms with Crippen molar-refractivity contribution in [3.05, 3.63) is 0 Å². The minimum absolute atomic E-state index is 0.0337. The number of rotatable bonds is 7. The maximum absolute atomic E-state index is 10.8. The van der Waals surface area contributed by atoms with Gasteiger partial charge in [0.25, 0.3) is 0 Å². The van der Waals surface area contributed by atoms with Crippen molar-refractivity contribution in [1.29, 1.82) is 0 Å². The van der Waals surface area contributed by atoms with Crippen LogP contribution in [0.25, 0.3) is 0 Å². The van der Waals surface area contributed by atoms with Gasteiger partial charge in [-0.15, -0.1) is 0 Å². The van der Waals surface area contributed by atoms with Crippen molar-refractivity contribution < 1.29 is 18.3 Å². The van der Waals surface area contributed by atoms with Gasteiger partial charge in [-0.25, -0.2) is 8.42 Å². The predicted octanol–water partition coefficient (Wildman–Crippen LogP) is 1.02. The lowest BCUT2D eigenvalue weighted by Crippen LogP contribution is -2.13. The summed E-state index contributed by atoms with van der Waals surface area (Å²) in [6.07, 6.45) is 3.37. The van der Waals surface area contributed by atoms with Gasteiger partial charge in [-0.3, -0.25) is 4.79 Å². The average molecular weight is 252 g/mol. The summed E-state index contributed by atoms with van der Waals surface area (Å²) in [5.74, 6) is 0.770. The van der Waals surface area contributed by atoms with Crippen LogP contribution < -0.4 is 0 Å². The Bertz CT molecular complexity index is 330. The van der Waals surface area contributed by atoms with Crippen LogP contribution in [0.15, 0.2) is 0 Å². The summed E-state index contributed by atoms with van der Waals surface area (Å²) in [5.41, 5.74) is -0.0337. The van der Waals surface area contributed by atoms with Gasteiger partial charge in [-0.2, -0.15) is 11.8 Å². The molecule has 0 heterocycles. The summed E-state index contributed by atoms with van der Waals surface area (Å²) in [5, 5.41) is 8.67. The second kappa shape index (κ2) is 4.74. The molecule has 0 spiro atoms. The molecular formula is C9H16O4S2. The highest BCUT2D eigenvalue weighted by Gasteiger charge is 2.43. The van der Waals surface area contributed by atoms with E-state index in [9.17, 15) is 13.2 Å². The number of carbonyl (C=O) groups is 1. The molecule has 0 saturated heterocycles. The van der Waals surface area contributed by atoms with Gasteiger partial charge in [0, 0.05) is 12.0 Å². The van der Waals surface area contributed by atoms with Crippen molar-refractivity contribution in [3.63, 3.8) is 0 Å². The zero-order valence-electron chi connectivity index (χ0n) is 8.73. The Balaban J connectivity index is 2.18. The largest absolute Gasteiger partial charge is 0.481 e. The van der Waals surface area contributed by atoms with Crippen LogP contribution in [0.1, 0.15) is 19.3 Å². The smallest absolute Gasteiger partial charge is 0.303 e. The summed E-state index contributed by atoms with van der Waals surface area (Å²) in [4.78, 5) is 10.5. The lowest BCUT2D eigenvalue weighted by molar-refractivity contribution is -0.138. The van der Waals surface area contributed by atoms with E-state index in [2.05, 4.69) is 0 Å². The summed E-state index contributed by atoms with van der Waals surface area (Å²) in [7, 11) is -2.88. The van der Waals surface area contributed by atoms with Crippen LogP contribution in [-0.2, 0) is 14.6 Å². The molecule has 1 fully saturated rings. The molecule has 1 aliphatic carbocycles. The second-order valence-electron chi connectivity index (χ2n) is 4.25. The lowest BCUT2D eigenvalue weighted by atomic mass is 10.1. The maximum atomic E-state index is 10.8. The molecule has 0 atom stereocenters. The minimum Gasteiger partial charge on any atom is -0.481 e. The number of carboxylic acids is 1. The van der Waals surface area contributed by atoms with E-state index in [0.29, 0.717) is 5.75 Å². The molecule has 0 aromatic carbocycles.